The van der Waals surface area contributed by atoms with E-state index in [0.717, 1.165) is 5.56 Å². The molecule has 2 rings (SSSR count). The van der Waals surface area contributed by atoms with Gasteiger partial charge >= 0.3 is 0 Å². The van der Waals surface area contributed by atoms with Crippen molar-refractivity contribution in [1.82, 2.24) is 5.32 Å². The van der Waals surface area contributed by atoms with Crippen molar-refractivity contribution >= 4 is 17.5 Å². The standard InChI is InChI=1S/C15H21ClN2O2/c1-9-7-12(16)5-6-14(9)20-10(2)15(19)18-8-13(17)11-3-4-11/h5-7,10-11,13H,3-4,8,17H2,1-2H3,(H,18,19). The summed E-state index contributed by atoms with van der Waals surface area (Å²) in [6.07, 6.45) is 1.79. The number of nitrogens with one attached hydrogen (secondary N) is 1. The molecule has 2 atom stereocenters. The molecule has 3 N–H and O–H groups in total. The van der Waals surface area contributed by atoms with Gasteiger partial charge in [-0.3, -0.25) is 4.79 Å². The van der Waals surface area contributed by atoms with Crippen LogP contribution < -0.4 is 15.8 Å². The fourth-order valence-corrected chi connectivity index (χ4v) is 2.27. The predicted octanol–water partition coefficient (Wildman–Crippen LogP) is 2.27. The number of carbonyl (C=O) groups excluding carboxylic acids is 1. The average Bonchev–Trinajstić information content (AvgIpc) is 3.23. The lowest BCUT2D eigenvalue weighted by Gasteiger charge is -2.18. The SMILES string of the molecule is Cc1cc(Cl)ccc1OC(C)C(=O)NCC(N)C1CC1. The van der Waals surface area contributed by atoms with Crippen LogP contribution >= 0.6 is 11.6 Å². The summed E-state index contributed by atoms with van der Waals surface area (Å²) in [4.78, 5) is 12.0. The monoisotopic (exact) mass is 296 g/mol. The van der Waals surface area contributed by atoms with E-state index in [9.17, 15) is 4.79 Å². The minimum absolute atomic E-state index is 0.0587. The van der Waals surface area contributed by atoms with Crippen LogP contribution in [-0.2, 0) is 4.79 Å². The Hall–Kier alpha value is -1.26. The third kappa shape index (κ3) is 4.12. The number of amides is 1. The van der Waals surface area contributed by atoms with Crippen molar-refractivity contribution in [2.75, 3.05) is 6.54 Å². The first-order valence-corrected chi connectivity index (χ1v) is 7.31. The lowest BCUT2D eigenvalue weighted by molar-refractivity contribution is -0.127. The van der Waals surface area contributed by atoms with Gasteiger partial charge in [-0.25, -0.2) is 0 Å². The molecule has 1 aromatic rings. The van der Waals surface area contributed by atoms with E-state index in [-0.39, 0.29) is 11.9 Å². The van der Waals surface area contributed by atoms with Crippen LogP contribution in [0.3, 0.4) is 0 Å². The quantitative estimate of drug-likeness (QED) is 0.846. The van der Waals surface area contributed by atoms with Gasteiger partial charge in [-0.05, 0) is 56.4 Å². The fourth-order valence-electron chi connectivity index (χ4n) is 2.04. The van der Waals surface area contributed by atoms with Crippen LogP contribution in [0.1, 0.15) is 25.3 Å². The first kappa shape index (κ1) is 15.1. The van der Waals surface area contributed by atoms with Crippen LogP contribution in [0.25, 0.3) is 0 Å². The van der Waals surface area contributed by atoms with Crippen LogP contribution in [0.5, 0.6) is 5.75 Å². The molecular formula is C15H21ClN2O2. The van der Waals surface area contributed by atoms with Gasteiger partial charge in [-0.15, -0.1) is 0 Å². The molecule has 0 bridgehead atoms. The van der Waals surface area contributed by atoms with Gasteiger partial charge in [-0.2, -0.15) is 0 Å². The molecule has 1 amide bonds. The Morgan fingerprint density at radius 2 is 2.25 bits per heavy atom. The van der Waals surface area contributed by atoms with Gasteiger partial charge in [-0.1, -0.05) is 11.6 Å². The van der Waals surface area contributed by atoms with Crippen LogP contribution in [0, 0.1) is 12.8 Å². The second-order valence-electron chi connectivity index (χ2n) is 5.42. The van der Waals surface area contributed by atoms with Crippen LogP contribution in [0.2, 0.25) is 5.02 Å². The zero-order chi connectivity index (χ0) is 14.7. The normalized spacial score (nSPS) is 17.4. The van der Waals surface area contributed by atoms with Gasteiger partial charge < -0.3 is 15.8 Å². The first-order valence-electron chi connectivity index (χ1n) is 6.93. The van der Waals surface area contributed by atoms with Crippen molar-refractivity contribution in [2.24, 2.45) is 11.7 Å². The summed E-state index contributed by atoms with van der Waals surface area (Å²) in [5.74, 6) is 1.10. The van der Waals surface area contributed by atoms with E-state index in [2.05, 4.69) is 5.32 Å². The smallest absolute Gasteiger partial charge is 0.260 e. The number of aryl methyl sites for hydroxylation is 1. The third-order valence-corrected chi connectivity index (χ3v) is 3.78. The molecular weight excluding hydrogens is 276 g/mol. The number of hydrogen-bond donors (Lipinski definition) is 2. The molecule has 1 aliphatic rings. The van der Waals surface area contributed by atoms with Gasteiger partial charge in [0.1, 0.15) is 5.75 Å². The second-order valence-corrected chi connectivity index (χ2v) is 5.85. The zero-order valence-electron chi connectivity index (χ0n) is 11.9. The lowest BCUT2D eigenvalue weighted by atomic mass is 10.2. The molecule has 1 aliphatic carbocycles. The number of benzene rings is 1. The molecule has 1 saturated carbocycles. The number of rotatable bonds is 6. The van der Waals surface area contributed by atoms with Crippen molar-refractivity contribution in [1.29, 1.82) is 0 Å². The predicted molar refractivity (Wildman–Crippen MR) is 80.0 cm³/mol. The molecule has 4 nitrogen and oxygen atoms in total. The van der Waals surface area contributed by atoms with E-state index >= 15 is 0 Å². The van der Waals surface area contributed by atoms with Crippen molar-refractivity contribution < 1.29 is 9.53 Å². The van der Waals surface area contributed by atoms with Gasteiger partial charge in [0.05, 0.1) is 0 Å². The zero-order valence-corrected chi connectivity index (χ0v) is 12.6. The number of ether oxygens (including phenoxy) is 1. The van der Waals surface area contributed by atoms with E-state index in [1.54, 1.807) is 19.1 Å². The van der Waals surface area contributed by atoms with Gasteiger partial charge in [0.2, 0.25) is 0 Å². The molecule has 1 aromatic carbocycles. The topological polar surface area (TPSA) is 64.3 Å². The Morgan fingerprint density at radius 3 is 2.85 bits per heavy atom. The molecule has 0 radical (unpaired) electrons. The minimum Gasteiger partial charge on any atom is -0.481 e. The summed E-state index contributed by atoms with van der Waals surface area (Å²) in [5.41, 5.74) is 6.86. The van der Waals surface area contributed by atoms with Crippen LogP contribution in [0.4, 0.5) is 0 Å². The highest BCUT2D eigenvalue weighted by Gasteiger charge is 2.29. The fraction of sp³-hybridized carbons (Fsp3) is 0.533. The first-order chi connectivity index (χ1) is 9.47. The maximum Gasteiger partial charge on any atom is 0.260 e. The van der Waals surface area contributed by atoms with Crippen molar-refractivity contribution in [3.63, 3.8) is 0 Å². The molecule has 1 fully saturated rings. The largest absolute Gasteiger partial charge is 0.481 e. The Bertz CT molecular complexity index is 489. The van der Waals surface area contributed by atoms with Crippen molar-refractivity contribution in [3.05, 3.63) is 28.8 Å². The number of carbonyl (C=O) groups is 1. The van der Waals surface area contributed by atoms with E-state index in [4.69, 9.17) is 22.1 Å². The highest BCUT2D eigenvalue weighted by Crippen LogP contribution is 2.31. The Kier molecular flexibility index (Phi) is 4.89. The highest BCUT2D eigenvalue weighted by atomic mass is 35.5. The second kappa shape index (κ2) is 6.46. The highest BCUT2D eigenvalue weighted by molar-refractivity contribution is 6.30. The van der Waals surface area contributed by atoms with Crippen molar-refractivity contribution in [3.8, 4) is 5.75 Å². The van der Waals surface area contributed by atoms with Crippen molar-refractivity contribution in [2.45, 2.75) is 38.8 Å². The Labute approximate surface area is 124 Å². The summed E-state index contributed by atoms with van der Waals surface area (Å²) in [6.45, 7) is 4.14. The van der Waals surface area contributed by atoms with Crippen LogP contribution in [0.15, 0.2) is 18.2 Å². The lowest BCUT2D eigenvalue weighted by Crippen LogP contribution is -2.43. The molecule has 5 heteroatoms. The maximum absolute atomic E-state index is 12.0. The number of nitrogens with two attached hydrogens (primary N) is 1. The van der Waals surface area contributed by atoms with Gasteiger partial charge in [0.25, 0.3) is 5.91 Å². The van der Waals surface area contributed by atoms with E-state index < -0.39 is 6.10 Å². The number of hydrogen-bond acceptors (Lipinski definition) is 3. The summed E-state index contributed by atoms with van der Waals surface area (Å²) < 4.78 is 5.66. The summed E-state index contributed by atoms with van der Waals surface area (Å²) >= 11 is 5.89. The summed E-state index contributed by atoms with van der Waals surface area (Å²) in [7, 11) is 0. The maximum atomic E-state index is 12.0. The molecule has 0 saturated heterocycles. The molecule has 0 spiro atoms. The Morgan fingerprint density at radius 1 is 1.55 bits per heavy atom. The number of halogens is 1. The van der Waals surface area contributed by atoms with E-state index in [0.29, 0.717) is 23.2 Å². The molecule has 0 aliphatic heterocycles. The molecule has 0 heterocycles. The summed E-state index contributed by atoms with van der Waals surface area (Å²) in [6, 6.07) is 5.39. The van der Waals surface area contributed by atoms with E-state index in [1.807, 2.05) is 13.0 Å². The third-order valence-electron chi connectivity index (χ3n) is 3.55. The summed E-state index contributed by atoms with van der Waals surface area (Å²) in [5, 5.41) is 3.49. The van der Waals surface area contributed by atoms with Gasteiger partial charge in [0.15, 0.2) is 6.10 Å². The Balaban J connectivity index is 1.83. The molecule has 0 aromatic heterocycles. The van der Waals surface area contributed by atoms with Crippen LogP contribution in [-0.4, -0.2) is 24.6 Å². The van der Waals surface area contributed by atoms with E-state index in [1.165, 1.54) is 12.8 Å². The average molecular weight is 297 g/mol. The molecule has 110 valence electrons. The van der Waals surface area contributed by atoms with Gasteiger partial charge in [0, 0.05) is 17.6 Å². The molecule has 2 unspecified atom stereocenters. The minimum atomic E-state index is -0.554. The molecule has 20 heavy (non-hydrogen) atoms.